The van der Waals surface area contributed by atoms with Gasteiger partial charge >= 0.3 is 7.60 Å². The van der Waals surface area contributed by atoms with Crippen LogP contribution in [0.25, 0.3) is 0 Å². The van der Waals surface area contributed by atoms with Crippen molar-refractivity contribution < 1.29 is 18.0 Å². The van der Waals surface area contributed by atoms with Gasteiger partial charge in [0.25, 0.3) is 0 Å². The van der Waals surface area contributed by atoms with Gasteiger partial charge in [-0.15, -0.1) is 0 Å². The van der Waals surface area contributed by atoms with Crippen LogP contribution in [-0.4, -0.2) is 13.2 Å². The zero-order chi connectivity index (χ0) is 14.6. The second-order valence-electron chi connectivity index (χ2n) is 3.58. The van der Waals surface area contributed by atoms with Crippen LogP contribution in [0.3, 0.4) is 0 Å². The van der Waals surface area contributed by atoms with E-state index in [4.69, 9.17) is 38.0 Å². The molecule has 0 heterocycles. The first kappa shape index (κ1) is 16.9. The van der Waals surface area contributed by atoms with Crippen LogP contribution in [0.1, 0.15) is 25.2 Å². The van der Waals surface area contributed by atoms with E-state index in [9.17, 15) is 8.96 Å². The first-order valence-electron chi connectivity index (χ1n) is 5.65. The Kier molecular flexibility index (Phi) is 6.24. The van der Waals surface area contributed by atoms with E-state index >= 15 is 0 Å². The Morgan fingerprint density at radius 1 is 1.32 bits per heavy atom. The number of halogens is 3. The van der Waals surface area contributed by atoms with Crippen molar-refractivity contribution in [3.8, 4) is 0 Å². The van der Waals surface area contributed by atoms with Gasteiger partial charge in [0.15, 0.2) is 0 Å². The highest BCUT2D eigenvalue weighted by Gasteiger charge is 2.37. The van der Waals surface area contributed by atoms with Crippen molar-refractivity contribution in [3.05, 3.63) is 33.6 Å². The average Bonchev–Trinajstić information content (AvgIpc) is 2.35. The molecule has 0 bridgehead atoms. The van der Waals surface area contributed by atoms with Crippen LogP contribution in [0.5, 0.6) is 0 Å². The second-order valence-corrected chi connectivity index (χ2v) is 6.51. The minimum atomic E-state index is -3.71. The number of nitrogens with two attached hydrogens (primary N) is 1. The number of hydrogen-bond acceptors (Lipinski definition) is 4. The SMILES string of the molecule is CCOP(=O)(OCC)[C@H](N)c1c(F)ccc(Cl)c1Cl. The Morgan fingerprint density at radius 3 is 2.32 bits per heavy atom. The van der Waals surface area contributed by atoms with E-state index in [2.05, 4.69) is 0 Å². The molecular weight excluding hydrogens is 315 g/mol. The Hall–Kier alpha value is -0.160. The van der Waals surface area contributed by atoms with Crippen molar-refractivity contribution in [2.75, 3.05) is 13.2 Å². The molecule has 0 aliphatic carbocycles. The van der Waals surface area contributed by atoms with E-state index in [-0.39, 0.29) is 28.8 Å². The maximum atomic E-state index is 13.8. The van der Waals surface area contributed by atoms with E-state index < -0.39 is 19.2 Å². The fourth-order valence-electron chi connectivity index (χ4n) is 1.53. The molecule has 1 aromatic carbocycles. The van der Waals surface area contributed by atoms with Crippen LogP contribution in [0.15, 0.2) is 12.1 Å². The Labute approximate surface area is 121 Å². The lowest BCUT2D eigenvalue weighted by Gasteiger charge is -2.24. The normalized spacial score (nSPS) is 13.6. The molecule has 1 aromatic rings. The molecule has 0 unspecified atom stereocenters. The molecule has 0 aliphatic rings. The Balaban J connectivity index is 3.28. The summed E-state index contributed by atoms with van der Waals surface area (Å²) in [4.78, 5) is 0. The van der Waals surface area contributed by atoms with Gasteiger partial charge in [0.2, 0.25) is 0 Å². The molecule has 0 spiro atoms. The molecule has 0 radical (unpaired) electrons. The summed E-state index contributed by atoms with van der Waals surface area (Å²) in [6.07, 6.45) is 0. The summed E-state index contributed by atoms with van der Waals surface area (Å²) in [6, 6.07) is 2.40. The third-order valence-electron chi connectivity index (χ3n) is 2.33. The first-order valence-corrected chi connectivity index (χ1v) is 8.01. The molecule has 1 atom stereocenters. The summed E-state index contributed by atoms with van der Waals surface area (Å²) in [7, 11) is -3.71. The van der Waals surface area contributed by atoms with Gasteiger partial charge in [-0.1, -0.05) is 23.2 Å². The molecule has 0 aliphatic heterocycles. The molecular formula is C11H15Cl2FNO3P. The van der Waals surface area contributed by atoms with Crippen LogP contribution in [-0.2, 0) is 13.6 Å². The molecule has 0 amide bonds. The van der Waals surface area contributed by atoms with Gasteiger partial charge in [-0.25, -0.2) is 4.39 Å². The van der Waals surface area contributed by atoms with Crippen molar-refractivity contribution in [2.45, 2.75) is 19.6 Å². The lowest BCUT2D eigenvalue weighted by molar-refractivity contribution is 0.212. The second kappa shape index (κ2) is 7.02. The van der Waals surface area contributed by atoms with E-state index in [1.165, 1.54) is 6.07 Å². The van der Waals surface area contributed by atoms with Crippen molar-refractivity contribution in [1.29, 1.82) is 0 Å². The molecule has 19 heavy (non-hydrogen) atoms. The molecule has 2 N–H and O–H groups in total. The lowest BCUT2D eigenvalue weighted by atomic mass is 10.2. The van der Waals surface area contributed by atoms with Gasteiger partial charge in [-0.05, 0) is 26.0 Å². The highest BCUT2D eigenvalue weighted by atomic mass is 35.5. The molecule has 1 rings (SSSR count). The molecule has 8 heteroatoms. The van der Waals surface area contributed by atoms with Crippen LogP contribution >= 0.6 is 30.8 Å². The van der Waals surface area contributed by atoms with Crippen LogP contribution < -0.4 is 5.73 Å². The smallest absolute Gasteiger partial charge is 0.314 e. The Bertz CT molecular complexity index is 491. The van der Waals surface area contributed by atoms with Crippen LogP contribution in [0.2, 0.25) is 10.0 Å². The quantitative estimate of drug-likeness (QED) is 0.622. The van der Waals surface area contributed by atoms with Gasteiger partial charge in [0.05, 0.1) is 23.3 Å². The predicted molar refractivity (Wildman–Crippen MR) is 74.2 cm³/mol. The summed E-state index contributed by atoms with van der Waals surface area (Å²) in [5.74, 6) is -2.04. The third-order valence-corrected chi connectivity index (χ3v) is 5.33. The van der Waals surface area contributed by atoms with Crippen molar-refractivity contribution in [3.63, 3.8) is 0 Å². The van der Waals surface area contributed by atoms with Crippen molar-refractivity contribution in [1.82, 2.24) is 0 Å². The molecule has 0 fully saturated rings. The lowest BCUT2D eigenvalue weighted by Crippen LogP contribution is -2.17. The third kappa shape index (κ3) is 3.69. The van der Waals surface area contributed by atoms with Gasteiger partial charge in [0.1, 0.15) is 11.6 Å². The van der Waals surface area contributed by atoms with E-state index in [1.54, 1.807) is 13.8 Å². The summed E-state index contributed by atoms with van der Waals surface area (Å²) in [5, 5.41) is 0.0295. The minimum Gasteiger partial charge on any atom is -0.314 e. The van der Waals surface area contributed by atoms with Crippen molar-refractivity contribution in [2.24, 2.45) is 5.73 Å². The van der Waals surface area contributed by atoms with E-state index in [1.807, 2.05) is 0 Å². The summed E-state index contributed by atoms with van der Waals surface area (Å²) in [5.41, 5.74) is 5.65. The van der Waals surface area contributed by atoms with E-state index in [0.717, 1.165) is 6.07 Å². The number of hydrogen-bond donors (Lipinski definition) is 1. The summed E-state index contributed by atoms with van der Waals surface area (Å²) < 4.78 is 36.5. The highest BCUT2D eigenvalue weighted by Crippen LogP contribution is 2.59. The summed E-state index contributed by atoms with van der Waals surface area (Å²) >= 11 is 11.7. The fourth-order valence-corrected chi connectivity index (χ4v) is 3.73. The largest absolute Gasteiger partial charge is 0.351 e. The maximum Gasteiger partial charge on any atom is 0.351 e. The highest BCUT2D eigenvalue weighted by molar-refractivity contribution is 7.54. The molecule has 0 saturated heterocycles. The maximum absolute atomic E-state index is 13.8. The zero-order valence-electron chi connectivity index (χ0n) is 10.5. The van der Waals surface area contributed by atoms with Gasteiger partial charge in [-0.3, -0.25) is 4.57 Å². The molecule has 0 aromatic heterocycles. The Morgan fingerprint density at radius 2 is 1.84 bits per heavy atom. The van der Waals surface area contributed by atoms with Crippen LogP contribution in [0.4, 0.5) is 4.39 Å². The van der Waals surface area contributed by atoms with Crippen molar-refractivity contribution >= 4 is 30.8 Å². The number of benzene rings is 1. The zero-order valence-corrected chi connectivity index (χ0v) is 12.9. The standard InChI is InChI=1S/C11H15Cl2FNO3P/c1-3-17-19(16,18-4-2)11(15)9-8(14)6-5-7(12)10(9)13/h5-6,11H,3-4,15H2,1-2H3/t11-/m0/s1. The molecule has 108 valence electrons. The van der Waals surface area contributed by atoms with Gasteiger partial charge < -0.3 is 14.8 Å². The minimum absolute atomic E-state index is 0.0891. The first-order chi connectivity index (χ1) is 8.87. The summed E-state index contributed by atoms with van der Waals surface area (Å²) in [6.45, 7) is 3.50. The topological polar surface area (TPSA) is 61.5 Å². The molecule has 4 nitrogen and oxygen atoms in total. The van der Waals surface area contributed by atoms with E-state index in [0.29, 0.717) is 0 Å². The van der Waals surface area contributed by atoms with Gasteiger partial charge in [0, 0.05) is 5.56 Å². The predicted octanol–water partition coefficient (Wildman–Crippen LogP) is 4.36. The number of rotatable bonds is 6. The fraction of sp³-hybridized carbons (Fsp3) is 0.455. The average molecular weight is 330 g/mol. The van der Waals surface area contributed by atoms with Crippen LogP contribution in [0, 0.1) is 5.82 Å². The molecule has 0 saturated carbocycles. The monoisotopic (exact) mass is 329 g/mol. The van der Waals surface area contributed by atoms with Gasteiger partial charge in [-0.2, -0.15) is 0 Å².